The molecule has 1 aromatic carbocycles. The molecule has 0 radical (unpaired) electrons. The molecule has 1 aliphatic heterocycles. The predicted octanol–water partition coefficient (Wildman–Crippen LogP) is 4.22. The lowest BCUT2D eigenvalue weighted by Crippen LogP contribution is -2.38. The van der Waals surface area contributed by atoms with Crippen molar-refractivity contribution in [2.75, 3.05) is 23.3 Å². The number of halogens is 1. The zero-order chi connectivity index (χ0) is 18.7. The Balaban J connectivity index is 1.57. The third-order valence-corrected chi connectivity index (χ3v) is 6.38. The Morgan fingerprint density at radius 1 is 1.31 bits per heavy atom. The van der Waals surface area contributed by atoms with Gasteiger partial charge in [0.1, 0.15) is 10.8 Å². The second-order valence-electron chi connectivity index (χ2n) is 7.35. The van der Waals surface area contributed by atoms with E-state index in [1.54, 1.807) is 12.1 Å². The fourth-order valence-electron chi connectivity index (χ4n) is 3.00. The SMILES string of the molecule is CCC(C)(C)c1nnc(NC(=O)C2CCN(c3ccccc3F)CC2)s1. The molecular weight excluding hydrogens is 351 g/mol. The fraction of sp³-hybridized carbons (Fsp3) is 0.526. The van der Waals surface area contributed by atoms with E-state index in [0.717, 1.165) is 11.4 Å². The average Bonchev–Trinajstić information content (AvgIpc) is 3.12. The number of carbonyl (C=O) groups excluding carboxylic acids is 1. The summed E-state index contributed by atoms with van der Waals surface area (Å²) in [5, 5.41) is 12.7. The minimum Gasteiger partial charge on any atom is -0.369 e. The Morgan fingerprint density at radius 2 is 2.00 bits per heavy atom. The zero-order valence-electron chi connectivity index (χ0n) is 15.5. The topological polar surface area (TPSA) is 58.1 Å². The molecule has 0 aliphatic carbocycles. The second-order valence-corrected chi connectivity index (χ2v) is 8.33. The van der Waals surface area contributed by atoms with Crippen molar-refractivity contribution < 1.29 is 9.18 Å². The molecule has 1 amide bonds. The summed E-state index contributed by atoms with van der Waals surface area (Å²) < 4.78 is 13.9. The Hall–Kier alpha value is -2.02. The molecule has 5 nitrogen and oxygen atoms in total. The molecule has 26 heavy (non-hydrogen) atoms. The standard InChI is InChI=1S/C19H25FN4OS/c1-4-19(2,3)17-22-23-18(26-17)21-16(25)13-9-11-24(12-10-13)15-8-6-5-7-14(15)20/h5-8,13H,4,9-12H2,1-3H3,(H,21,23,25). The van der Waals surface area contributed by atoms with E-state index in [2.05, 4.69) is 36.3 Å². The van der Waals surface area contributed by atoms with Crippen molar-refractivity contribution in [1.82, 2.24) is 10.2 Å². The first-order valence-electron chi connectivity index (χ1n) is 9.05. The van der Waals surface area contributed by atoms with Crippen LogP contribution in [-0.4, -0.2) is 29.2 Å². The number of amides is 1. The number of nitrogens with one attached hydrogen (secondary N) is 1. The monoisotopic (exact) mass is 376 g/mol. The van der Waals surface area contributed by atoms with Crippen LogP contribution in [0.1, 0.15) is 45.0 Å². The predicted molar refractivity (Wildman–Crippen MR) is 103 cm³/mol. The second kappa shape index (κ2) is 7.70. The molecule has 0 saturated carbocycles. The minimum absolute atomic E-state index is 0.0183. The summed E-state index contributed by atoms with van der Waals surface area (Å²) in [6, 6.07) is 6.78. The first kappa shape index (κ1) is 18.8. The molecule has 2 heterocycles. The summed E-state index contributed by atoms with van der Waals surface area (Å²) >= 11 is 1.44. The van der Waals surface area contributed by atoms with E-state index in [4.69, 9.17) is 0 Å². The molecule has 3 rings (SSSR count). The molecule has 0 spiro atoms. The van der Waals surface area contributed by atoms with Crippen molar-refractivity contribution in [2.45, 2.75) is 45.4 Å². The van der Waals surface area contributed by atoms with Gasteiger partial charge in [0.2, 0.25) is 11.0 Å². The number of para-hydroxylation sites is 1. The van der Waals surface area contributed by atoms with Crippen LogP contribution in [0.4, 0.5) is 15.2 Å². The van der Waals surface area contributed by atoms with Gasteiger partial charge in [-0.25, -0.2) is 4.39 Å². The molecule has 0 unspecified atom stereocenters. The van der Waals surface area contributed by atoms with Crippen LogP contribution >= 0.6 is 11.3 Å². The Morgan fingerprint density at radius 3 is 2.65 bits per heavy atom. The van der Waals surface area contributed by atoms with Crippen molar-refractivity contribution in [1.29, 1.82) is 0 Å². The van der Waals surface area contributed by atoms with Crippen LogP contribution in [0.25, 0.3) is 0 Å². The highest BCUT2D eigenvalue weighted by molar-refractivity contribution is 7.15. The number of carbonyl (C=O) groups is 1. The number of hydrogen-bond acceptors (Lipinski definition) is 5. The normalized spacial score (nSPS) is 15.9. The van der Waals surface area contributed by atoms with Crippen LogP contribution in [0.15, 0.2) is 24.3 Å². The van der Waals surface area contributed by atoms with E-state index in [9.17, 15) is 9.18 Å². The fourth-order valence-corrected chi connectivity index (χ4v) is 3.92. The van der Waals surface area contributed by atoms with E-state index in [1.165, 1.54) is 17.4 Å². The maximum absolute atomic E-state index is 13.9. The molecule has 1 N–H and O–H groups in total. The van der Waals surface area contributed by atoms with E-state index in [-0.39, 0.29) is 23.1 Å². The van der Waals surface area contributed by atoms with Crippen molar-refractivity contribution in [3.63, 3.8) is 0 Å². The number of hydrogen-bond donors (Lipinski definition) is 1. The van der Waals surface area contributed by atoms with Crippen molar-refractivity contribution in [3.8, 4) is 0 Å². The Labute approximate surface area is 157 Å². The number of benzene rings is 1. The molecule has 0 bridgehead atoms. The van der Waals surface area contributed by atoms with Crippen LogP contribution in [0.3, 0.4) is 0 Å². The van der Waals surface area contributed by atoms with E-state index >= 15 is 0 Å². The average molecular weight is 377 g/mol. The van der Waals surface area contributed by atoms with Gasteiger partial charge in [0.05, 0.1) is 5.69 Å². The summed E-state index contributed by atoms with van der Waals surface area (Å²) in [4.78, 5) is 14.5. The summed E-state index contributed by atoms with van der Waals surface area (Å²) in [6.45, 7) is 7.70. The maximum atomic E-state index is 13.9. The highest BCUT2D eigenvalue weighted by Gasteiger charge is 2.28. The third kappa shape index (κ3) is 4.03. The summed E-state index contributed by atoms with van der Waals surface area (Å²) in [5.41, 5.74) is 0.577. The summed E-state index contributed by atoms with van der Waals surface area (Å²) in [5.74, 6) is -0.310. The van der Waals surface area contributed by atoms with Crippen molar-refractivity contribution in [3.05, 3.63) is 35.1 Å². The quantitative estimate of drug-likeness (QED) is 0.849. The first-order chi connectivity index (χ1) is 12.4. The van der Waals surface area contributed by atoms with Gasteiger partial charge in [0, 0.05) is 24.4 Å². The van der Waals surface area contributed by atoms with Crippen LogP contribution in [0.5, 0.6) is 0 Å². The highest BCUT2D eigenvalue weighted by Crippen LogP contribution is 2.32. The van der Waals surface area contributed by atoms with Crippen LogP contribution in [0, 0.1) is 11.7 Å². The Kier molecular flexibility index (Phi) is 5.55. The van der Waals surface area contributed by atoms with Gasteiger partial charge in [0.15, 0.2) is 0 Å². The third-order valence-electron chi connectivity index (χ3n) is 5.18. The van der Waals surface area contributed by atoms with E-state index in [1.807, 2.05) is 11.0 Å². The van der Waals surface area contributed by atoms with Gasteiger partial charge in [-0.1, -0.05) is 44.2 Å². The minimum atomic E-state index is -0.213. The van der Waals surface area contributed by atoms with Crippen molar-refractivity contribution in [2.24, 2.45) is 5.92 Å². The number of rotatable bonds is 5. The lowest BCUT2D eigenvalue weighted by atomic mass is 9.91. The largest absolute Gasteiger partial charge is 0.369 e. The summed E-state index contributed by atoms with van der Waals surface area (Å²) in [7, 11) is 0. The smallest absolute Gasteiger partial charge is 0.229 e. The van der Waals surface area contributed by atoms with E-state index < -0.39 is 0 Å². The molecule has 2 aromatic rings. The molecule has 1 saturated heterocycles. The van der Waals surface area contributed by atoms with Gasteiger partial charge in [0.25, 0.3) is 0 Å². The van der Waals surface area contributed by atoms with Crippen molar-refractivity contribution >= 4 is 28.1 Å². The zero-order valence-corrected chi connectivity index (χ0v) is 16.3. The molecule has 1 fully saturated rings. The van der Waals surface area contributed by atoms with Gasteiger partial charge in [-0.15, -0.1) is 10.2 Å². The molecule has 1 aliphatic rings. The first-order valence-corrected chi connectivity index (χ1v) is 9.86. The van der Waals surface area contributed by atoms with Gasteiger partial charge in [-0.2, -0.15) is 0 Å². The van der Waals surface area contributed by atoms with Crippen LogP contribution < -0.4 is 10.2 Å². The molecule has 7 heteroatoms. The van der Waals surface area contributed by atoms with Crippen LogP contribution in [0.2, 0.25) is 0 Å². The number of aromatic nitrogens is 2. The van der Waals surface area contributed by atoms with Gasteiger partial charge in [-0.05, 0) is 31.4 Å². The lowest BCUT2D eigenvalue weighted by Gasteiger charge is -2.33. The number of nitrogens with zero attached hydrogens (tertiary/aromatic N) is 3. The van der Waals surface area contributed by atoms with Gasteiger partial charge >= 0.3 is 0 Å². The molecule has 1 aromatic heterocycles. The maximum Gasteiger partial charge on any atom is 0.229 e. The number of anilines is 2. The molecule has 0 atom stereocenters. The number of piperidine rings is 1. The van der Waals surface area contributed by atoms with E-state index in [0.29, 0.717) is 36.8 Å². The highest BCUT2D eigenvalue weighted by atomic mass is 32.1. The Bertz CT molecular complexity index is 768. The molecule has 140 valence electrons. The summed E-state index contributed by atoms with van der Waals surface area (Å²) in [6.07, 6.45) is 2.36. The molecular formula is C19H25FN4OS. The van der Waals surface area contributed by atoms with Gasteiger partial charge < -0.3 is 10.2 Å². The van der Waals surface area contributed by atoms with Gasteiger partial charge in [-0.3, -0.25) is 4.79 Å². The van der Waals surface area contributed by atoms with Crippen LogP contribution in [-0.2, 0) is 10.2 Å². The lowest BCUT2D eigenvalue weighted by molar-refractivity contribution is -0.120.